The van der Waals surface area contributed by atoms with E-state index in [1.165, 1.54) is 11.5 Å². The minimum Gasteiger partial charge on any atom is -0.294 e. The Morgan fingerprint density at radius 2 is 2.11 bits per heavy atom. The van der Waals surface area contributed by atoms with Crippen LogP contribution in [0.3, 0.4) is 0 Å². The van der Waals surface area contributed by atoms with Gasteiger partial charge in [0, 0.05) is 29.4 Å². The van der Waals surface area contributed by atoms with Crippen molar-refractivity contribution in [3.8, 4) is 0 Å². The molecule has 2 atom stereocenters. The van der Waals surface area contributed by atoms with Gasteiger partial charge in [-0.15, -0.1) is 11.8 Å². The fraction of sp³-hybridized carbons (Fsp3) is 0.615. The van der Waals surface area contributed by atoms with Gasteiger partial charge in [0.25, 0.3) is 0 Å². The molecule has 3 nitrogen and oxygen atoms in total. The number of nitrogens with zero attached hydrogens (tertiary/aromatic N) is 2. The summed E-state index contributed by atoms with van der Waals surface area (Å²) in [4.78, 5) is 20.9. The summed E-state index contributed by atoms with van der Waals surface area (Å²) in [6.45, 7) is 2.25. The molecule has 1 aliphatic carbocycles. The van der Waals surface area contributed by atoms with Crippen LogP contribution in [-0.2, 0) is 6.42 Å². The molecule has 1 aliphatic heterocycles. The van der Waals surface area contributed by atoms with Crippen LogP contribution in [-0.4, -0.2) is 32.5 Å². The molecule has 0 amide bonds. The quantitative estimate of drug-likeness (QED) is 0.791. The lowest BCUT2D eigenvalue weighted by molar-refractivity contribution is 0.0971. The van der Waals surface area contributed by atoms with Gasteiger partial charge in [0.15, 0.2) is 5.78 Å². The fourth-order valence-corrected chi connectivity index (χ4v) is 5.16. The summed E-state index contributed by atoms with van der Waals surface area (Å²) >= 11 is 3.94. The van der Waals surface area contributed by atoms with E-state index in [2.05, 4.69) is 16.9 Å². The number of hydrogen-bond donors (Lipinski definition) is 0. The highest BCUT2D eigenvalue weighted by molar-refractivity contribution is 8.06. The molecule has 1 saturated heterocycles. The Hall–Kier alpha value is -0.550. The van der Waals surface area contributed by atoms with Crippen molar-refractivity contribution in [2.75, 3.05) is 11.5 Å². The minimum atomic E-state index is 0.210. The van der Waals surface area contributed by atoms with Gasteiger partial charge in [-0.1, -0.05) is 6.92 Å². The van der Waals surface area contributed by atoms with E-state index in [1.54, 1.807) is 6.20 Å². The monoisotopic (exact) mass is 280 g/mol. The minimum absolute atomic E-state index is 0.210. The smallest absolute Gasteiger partial charge is 0.166 e. The first-order valence-electron chi connectivity index (χ1n) is 6.38. The number of carbonyl (C=O) groups is 1. The van der Waals surface area contributed by atoms with Crippen LogP contribution < -0.4 is 0 Å². The Kier molecular flexibility index (Phi) is 3.61. The molecule has 1 fully saturated rings. The van der Waals surface area contributed by atoms with Crippen molar-refractivity contribution in [3.63, 3.8) is 0 Å². The average Bonchev–Trinajstić information content (AvgIpc) is 2.39. The largest absolute Gasteiger partial charge is 0.294 e. The summed E-state index contributed by atoms with van der Waals surface area (Å²) < 4.78 is 0. The van der Waals surface area contributed by atoms with Gasteiger partial charge in [-0.05, 0) is 12.8 Å². The van der Waals surface area contributed by atoms with Crippen molar-refractivity contribution < 1.29 is 4.79 Å². The fourth-order valence-electron chi connectivity index (χ4n) is 2.46. The second-order valence-electron chi connectivity index (χ2n) is 4.73. The van der Waals surface area contributed by atoms with E-state index in [9.17, 15) is 4.79 Å². The summed E-state index contributed by atoms with van der Waals surface area (Å²) in [6, 6.07) is 0. The molecule has 0 radical (unpaired) electrons. The molecule has 2 unspecified atom stereocenters. The van der Waals surface area contributed by atoms with E-state index in [1.807, 2.05) is 23.5 Å². The van der Waals surface area contributed by atoms with E-state index >= 15 is 0 Å². The first-order chi connectivity index (χ1) is 8.75. The molecule has 3 rings (SSSR count). The molecular weight excluding hydrogens is 264 g/mol. The van der Waals surface area contributed by atoms with Gasteiger partial charge in [-0.25, -0.2) is 9.97 Å². The van der Waals surface area contributed by atoms with E-state index in [0.717, 1.165) is 29.9 Å². The third kappa shape index (κ3) is 2.30. The number of thioether (sulfide) groups is 2. The number of fused-ring (bicyclic) bond motifs is 1. The summed E-state index contributed by atoms with van der Waals surface area (Å²) in [7, 11) is 0. The molecule has 18 heavy (non-hydrogen) atoms. The number of hydrogen-bond acceptors (Lipinski definition) is 5. The maximum atomic E-state index is 11.7. The molecule has 96 valence electrons. The molecule has 0 saturated carbocycles. The molecule has 2 heterocycles. The lowest BCUT2D eigenvalue weighted by atomic mass is 9.96. The van der Waals surface area contributed by atoms with Crippen LogP contribution >= 0.6 is 23.5 Å². The average molecular weight is 280 g/mol. The second kappa shape index (κ2) is 5.21. The number of carbonyl (C=O) groups excluding carboxylic acids is 1. The van der Waals surface area contributed by atoms with Gasteiger partial charge < -0.3 is 0 Å². The van der Waals surface area contributed by atoms with Crippen molar-refractivity contribution in [3.05, 3.63) is 23.3 Å². The van der Waals surface area contributed by atoms with Gasteiger partial charge in [-0.3, -0.25) is 4.79 Å². The SMILES string of the molecule is CC1SCCSC1c1ncc2c(n1)CCCC2=O. The predicted octanol–water partition coefficient (Wildman–Crippen LogP) is 2.91. The molecule has 2 aliphatic rings. The predicted molar refractivity (Wildman–Crippen MR) is 76.4 cm³/mol. The Morgan fingerprint density at radius 3 is 2.94 bits per heavy atom. The number of ketones is 1. The number of Topliss-reactive ketones (excluding diaryl/α,β-unsaturated/α-hetero) is 1. The molecular formula is C13H16N2OS2. The summed E-state index contributed by atoms with van der Waals surface area (Å²) in [6.07, 6.45) is 4.27. The third-order valence-electron chi connectivity index (χ3n) is 3.45. The summed E-state index contributed by atoms with van der Waals surface area (Å²) in [5.41, 5.74) is 1.73. The van der Waals surface area contributed by atoms with Gasteiger partial charge in [0.1, 0.15) is 5.82 Å². The molecule has 0 N–H and O–H groups in total. The first-order valence-corrected chi connectivity index (χ1v) is 8.47. The van der Waals surface area contributed by atoms with Crippen molar-refractivity contribution in [1.29, 1.82) is 0 Å². The van der Waals surface area contributed by atoms with Gasteiger partial charge in [-0.2, -0.15) is 11.8 Å². The Labute approximate surface area is 116 Å². The Balaban J connectivity index is 1.91. The normalized spacial score (nSPS) is 27.9. The summed E-state index contributed by atoms with van der Waals surface area (Å²) in [5.74, 6) is 3.51. The number of rotatable bonds is 1. The lowest BCUT2D eigenvalue weighted by Gasteiger charge is -2.27. The topological polar surface area (TPSA) is 42.9 Å². The van der Waals surface area contributed by atoms with Crippen LogP contribution in [0.15, 0.2) is 6.20 Å². The van der Waals surface area contributed by atoms with E-state index < -0.39 is 0 Å². The Morgan fingerprint density at radius 1 is 1.28 bits per heavy atom. The van der Waals surface area contributed by atoms with Crippen LogP contribution in [0.1, 0.15) is 46.9 Å². The molecule has 0 spiro atoms. The van der Waals surface area contributed by atoms with Crippen molar-refractivity contribution in [1.82, 2.24) is 9.97 Å². The van der Waals surface area contributed by atoms with E-state index in [4.69, 9.17) is 0 Å². The third-order valence-corrected chi connectivity index (χ3v) is 6.53. The molecule has 1 aromatic rings. The van der Waals surface area contributed by atoms with Gasteiger partial charge >= 0.3 is 0 Å². The van der Waals surface area contributed by atoms with Crippen LogP contribution in [0.2, 0.25) is 0 Å². The number of aromatic nitrogens is 2. The highest BCUT2D eigenvalue weighted by atomic mass is 32.2. The van der Waals surface area contributed by atoms with Crippen LogP contribution in [0, 0.1) is 0 Å². The Bertz CT molecular complexity index is 478. The zero-order valence-corrected chi connectivity index (χ0v) is 12.0. The highest BCUT2D eigenvalue weighted by Gasteiger charge is 2.28. The highest BCUT2D eigenvalue weighted by Crippen LogP contribution is 2.41. The zero-order valence-electron chi connectivity index (χ0n) is 10.4. The van der Waals surface area contributed by atoms with Crippen molar-refractivity contribution in [2.45, 2.75) is 36.7 Å². The number of aryl methyl sites for hydroxylation is 1. The summed E-state index contributed by atoms with van der Waals surface area (Å²) in [5, 5.41) is 0.937. The first kappa shape index (κ1) is 12.5. The van der Waals surface area contributed by atoms with Gasteiger partial charge in [0.05, 0.1) is 16.5 Å². The molecule has 0 bridgehead atoms. The maximum Gasteiger partial charge on any atom is 0.166 e. The van der Waals surface area contributed by atoms with Crippen molar-refractivity contribution >= 4 is 29.3 Å². The van der Waals surface area contributed by atoms with Crippen LogP contribution in [0.25, 0.3) is 0 Å². The second-order valence-corrected chi connectivity index (χ2v) is 7.47. The standard InChI is InChI=1S/C13H16N2OS2/c1-8-12(18-6-5-17-8)13-14-7-9-10(15-13)3-2-4-11(9)16/h7-8,12H,2-6H2,1H3. The maximum absolute atomic E-state index is 11.7. The van der Waals surface area contributed by atoms with Gasteiger partial charge in [0.2, 0.25) is 0 Å². The van der Waals surface area contributed by atoms with E-state index in [0.29, 0.717) is 16.9 Å². The van der Waals surface area contributed by atoms with Crippen LogP contribution in [0.5, 0.6) is 0 Å². The molecule has 5 heteroatoms. The molecule has 0 aromatic carbocycles. The molecule has 1 aromatic heterocycles. The lowest BCUT2D eigenvalue weighted by Crippen LogP contribution is -2.21. The van der Waals surface area contributed by atoms with Crippen molar-refractivity contribution in [2.24, 2.45) is 0 Å². The zero-order chi connectivity index (χ0) is 12.5. The van der Waals surface area contributed by atoms with Crippen LogP contribution in [0.4, 0.5) is 0 Å². The van der Waals surface area contributed by atoms with E-state index in [-0.39, 0.29) is 5.78 Å².